The molecule has 0 bridgehead atoms. The number of nitrogens with one attached hydrogen (secondary N) is 8. The van der Waals surface area contributed by atoms with Gasteiger partial charge in [0, 0.05) is 38.8 Å². The van der Waals surface area contributed by atoms with Crippen LogP contribution in [0.1, 0.15) is 84.5 Å². The molecule has 0 aliphatic carbocycles. The molecule has 1 heterocycles. The van der Waals surface area contributed by atoms with Crippen LogP contribution in [0.5, 0.6) is 0 Å². The van der Waals surface area contributed by atoms with Crippen LogP contribution in [0.25, 0.3) is 0 Å². The number of amides is 11. The van der Waals surface area contributed by atoms with Crippen LogP contribution >= 0.6 is 0 Å². The average Bonchev–Trinajstić information content (AvgIpc) is 3.75. The third-order valence-corrected chi connectivity index (χ3v) is 10.1. The molecule has 376 valence electrons. The zero-order valence-corrected chi connectivity index (χ0v) is 38.0. The molecule has 6 atom stereocenters. The van der Waals surface area contributed by atoms with E-state index >= 15 is 0 Å². The van der Waals surface area contributed by atoms with Crippen LogP contribution in [0.2, 0.25) is 0 Å². The first-order chi connectivity index (χ1) is 31.5. The number of hydrogen-bond donors (Lipinski definition) is 15. The number of nitrogens with zero attached hydrogens (tertiary/aromatic N) is 1. The number of urea groups is 1. The van der Waals surface area contributed by atoms with Crippen LogP contribution in [-0.2, 0) is 52.7 Å². The fourth-order valence-electron chi connectivity index (χ4n) is 6.87. The average molecular weight is 957 g/mol. The maximum atomic E-state index is 13.7. The van der Waals surface area contributed by atoms with E-state index in [-0.39, 0.29) is 75.9 Å². The number of primary amides is 3. The number of aldehydes is 1. The lowest BCUT2D eigenvalue weighted by molar-refractivity contribution is -0.594. The number of carboxylic acids is 1. The number of guanidine groups is 1. The standard InChI is InChI=1S/C39H67N15O13/c1-21(2)18-22(40)37(66)54-16-5-8-27(54)36(65)49-20-30(58)50-25(9-11-28(41)56)34(63)53-24(7-4-14-47-39(44)67)33(62)48-19-29(57)51-26(10-12-31(59)60)35(64)52-23(32(61)45-15-17-55)6-3-13-46-38(42)43/h17,21-27H,3-16,18-20,40H2,1-2H3,(H2,41,56)(H,45,61)(H,48,62)(H,49,65)(H,50,58)(H,51,57)(H,52,64)(H,53,63)(H,59,60)(H4,42,43,46)(H3,44,47,67)/p+3/t22-,23-,24-,25-,26-,27-/m0/s1. The molecule has 1 aliphatic rings. The maximum absolute atomic E-state index is 13.7. The summed E-state index contributed by atoms with van der Waals surface area (Å²) in [6.07, 6.45) is 0.300. The highest BCUT2D eigenvalue weighted by Crippen LogP contribution is 2.19. The van der Waals surface area contributed by atoms with Crippen LogP contribution in [0, 0.1) is 5.92 Å². The smallest absolute Gasteiger partial charge is 0.338 e. The van der Waals surface area contributed by atoms with E-state index in [1.165, 1.54) is 4.90 Å². The Morgan fingerprint density at radius 3 is 2.00 bits per heavy atom. The van der Waals surface area contributed by atoms with E-state index in [4.69, 9.17) is 22.9 Å². The number of nitrogens with two attached hydrogens (primary N) is 5. The molecule has 28 heteroatoms. The van der Waals surface area contributed by atoms with E-state index in [1.807, 2.05) is 13.8 Å². The Morgan fingerprint density at radius 1 is 0.776 bits per heavy atom. The Labute approximate surface area is 386 Å². The molecule has 1 fully saturated rings. The molecule has 0 aromatic carbocycles. The molecule has 11 amide bonds. The van der Waals surface area contributed by atoms with Crippen LogP contribution in [0.4, 0.5) is 4.79 Å². The van der Waals surface area contributed by atoms with Crippen molar-refractivity contribution in [3.8, 4) is 0 Å². The van der Waals surface area contributed by atoms with Crippen LogP contribution in [-0.4, -0.2) is 163 Å². The van der Waals surface area contributed by atoms with Gasteiger partial charge in [-0.3, -0.25) is 64.9 Å². The van der Waals surface area contributed by atoms with Crippen molar-refractivity contribution in [3.05, 3.63) is 0 Å². The largest absolute Gasteiger partial charge is 0.481 e. The second-order valence-electron chi connectivity index (χ2n) is 16.2. The molecule has 22 N–H and O–H groups in total. The summed E-state index contributed by atoms with van der Waals surface area (Å²) in [4.78, 5) is 155. The summed E-state index contributed by atoms with van der Waals surface area (Å²) < 4.78 is 0. The molecule has 67 heavy (non-hydrogen) atoms. The lowest BCUT2D eigenvalue weighted by Gasteiger charge is -2.26. The van der Waals surface area contributed by atoms with Gasteiger partial charge in [0.15, 0.2) is 12.1 Å². The normalized spacial score (nSPS) is 15.3. The molecular weight excluding hydrogens is 887 g/mol. The molecule has 1 saturated heterocycles. The lowest BCUT2D eigenvalue weighted by Crippen LogP contribution is -2.98. The van der Waals surface area contributed by atoms with Crippen molar-refractivity contribution >= 4 is 77.4 Å². The Hall–Kier alpha value is -6.97. The molecule has 0 saturated carbocycles. The first-order valence-electron chi connectivity index (χ1n) is 21.9. The van der Waals surface area contributed by atoms with E-state index in [1.54, 1.807) is 0 Å². The minimum Gasteiger partial charge on any atom is -0.481 e. The molecule has 0 unspecified atom stereocenters. The molecule has 28 nitrogen and oxygen atoms in total. The topological polar surface area (TPSA) is 475 Å². The monoisotopic (exact) mass is 957 g/mol. The summed E-state index contributed by atoms with van der Waals surface area (Å²) in [6.45, 7) is 2.59. The summed E-state index contributed by atoms with van der Waals surface area (Å²) in [5.41, 5.74) is 25.1. The minimum atomic E-state index is -1.54. The van der Waals surface area contributed by atoms with Gasteiger partial charge < -0.3 is 69.2 Å². The first-order valence-corrected chi connectivity index (χ1v) is 21.9. The maximum Gasteiger partial charge on any atom is 0.338 e. The summed E-state index contributed by atoms with van der Waals surface area (Å²) in [6, 6.07) is -7.82. The third kappa shape index (κ3) is 24.2. The first kappa shape index (κ1) is 58.0. The summed E-state index contributed by atoms with van der Waals surface area (Å²) in [5.74, 6) is -8.23. The number of likely N-dealkylation sites (tertiary alicyclic amines) is 1. The summed E-state index contributed by atoms with van der Waals surface area (Å²) in [7, 11) is 0. The Kier molecular flexibility index (Phi) is 26.9. The van der Waals surface area contributed by atoms with Crippen LogP contribution in [0.3, 0.4) is 0 Å². The number of aliphatic carboxylic acids is 1. The zero-order valence-electron chi connectivity index (χ0n) is 38.0. The lowest BCUT2D eigenvalue weighted by atomic mass is 10.0. The van der Waals surface area contributed by atoms with Gasteiger partial charge in [0.05, 0.1) is 26.2 Å². The Balaban J connectivity index is 3.14. The summed E-state index contributed by atoms with van der Waals surface area (Å²) in [5, 5.41) is 26.9. The molecule has 0 spiro atoms. The fourth-order valence-corrected chi connectivity index (χ4v) is 6.87. The quantitative estimate of drug-likeness (QED) is 0.0129. The zero-order chi connectivity index (χ0) is 50.6. The highest BCUT2D eigenvalue weighted by atomic mass is 16.4. The highest BCUT2D eigenvalue weighted by molar-refractivity contribution is 5.95. The van der Waals surface area contributed by atoms with Crippen molar-refractivity contribution in [3.63, 3.8) is 0 Å². The number of quaternary nitrogens is 2. The highest BCUT2D eigenvalue weighted by Gasteiger charge is 2.38. The minimum absolute atomic E-state index is 0.000481. The van der Waals surface area contributed by atoms with Gasteiger partial charge in [-0.25, -0.2) is 9.59 Å². The van der Waals surface area contributed by atoms with Gasteiger partial charge in [0.2, 0.25) is 35.4 Å². The van der Waals surface area contributed by atoms with Gasteiger partial charge in [-0.1, -0.05) is 13.8 Å². The van der Waals surface area contributed by atoms with Crippen molar-refractivity contribution in [1.82, 2.24) is 42.1 Å². The molecule has 0 radical (unpaired) electrons. The second kappa shape index (κ2) is 31.0. The third-order valence-electron chi connectivity index (χ3n) is 10.1. The number of carbonyl (C=O) groups is 12. The van der Waals surface area contributed by atoms with Gasteiger partial charge in [-0.2, -0.15) is 0 Å². The predicted octanol–water partition coefficient (Wildman–Crippen LogP) is -10.2. The predicted molar refractivity (Wildman–Crippen MR) is 233 cm³/mol. The SMILES string of the molecule is CC(C)C[C@H]([NH3+])C(=O)N1CCC[C@H]1C(=O)NCC(=O)N[C@@H](CCC(N)=O)C(=O)[NH2+][C@@H](CCCNC(N)=O)C(=O)NCC(=O)N[C@@H](CCC(=O)O)C(=O)N[C@@H](CCC[NH+]=C(N)N)C(=O)NCC=O. The van der Waals surface area contributed by atoms with Crippen molar-refractivity contribution < 1.29 is 78.7 Å². The van der Waals surface area contributed by atoms with Crippen LogP contribution in [0.15, 0.2) is 0 Å². The van der Waals surface area contributed by atoms with E-state index in [0.717, 1.165) is 5.32 Å². The fraction of sp³-hybridized carbons (Fsp3) is 0.667. The number of carbonyl (C=O) groups excluding carboxylic acids is 11. The van der Waals surface area contributed by atoms with Gasteiger partial charge in [-0.15, -0.1) is 0 Å². The van der Waals surface area contributed by atoms with Crippen molar-refractivity contribution in [2.24, 2.45) is 28.9 Å². The Morgan fingerprint density at radius 2 is 1.40 bits per heavy atom. The van der Waals surface area contributed by atoms with Gasteiger partial charge in [0.1, 0.15) is 30.5 Å². The van der Waals surface area contributed by atoms with E-state index in [0.29, 0.717) is 32.1 Å². The number of hydrogen-bond acceptors (Lipinski definition) is 12. The van der Waals surface area contributed by atoms with Crippen LogP contribution < -0.4 is 76.2 Å². The van der Waals surface area contributed by atoms with Gasteiger partial charge >= 0.3 is 23.9 Å². The van der Waals surface area contributed by atoms with E-state index < -0.39 is 121 Å². The van der Waals surface area contributed by atoms with Gasteiger partial charge in [-0.05, 0) is 50.9 Å². The van der Waals surface area contributed by atoms with E-state index in [2.05, 4.69) is 47.9 Å². The molecule has 1 rings (SSSR count). The number of carboxylic acid groups (broad SMARTS) is 1. The van der Waals surface area contributed by atoms with Crippen molar-refractivity contribution in [2.45, 2.75) is 121 Å². The molecular formula is C39H70N15O13+3. The molecule has 0 aromatic rings. The second-order valence-corrected chi connectivity index (χ2v) is 16.2. The van der Waals surface area contributed by atoms with Crippen molar-refractivity contribution in [1.29, 1.82) is 0 Å². The Bertz CT molecular complexity index is 1790. The van der Waals surface area contributed by atoms with E-state index in [9.17, 15) is 62.6 Å². The molecule has 0 aromatic heterocycles. The summed E-state index contributed by atoms with van der Waals surface area (Å²) >= 11 is 0. The van der Waals surface area contributed by atoms with Gasteiger partial charge in [0.25, 0.3) is 11.8 Å². The molecule has 1 aliphatic heterocycles. The number of rotatable bonds is 32. The van der Waals surface area contributed by atoms with Crippen molar-refractivity contribution in [2.75, 3.05) is 39.3 Å².